The zero-order valence-corrected chi connectivity index (χ0v) is 11.7. The second-order valence-electron chi connectivity index (χ2n) is 3.34. The predicted octanol–water partition coefficient (Wildman–Crippen LogP) is 4.79. The average molecular weight is 342 g/mol. The fourth-order valence-corrected chi connectivity index (χ4v) is 2.11. The minimum Gasteiger partial charge on any atom is -0.489 e. The normalized spacial score (nSPS) is 10.1. The van der Waals surface area contributed by atoms with Crippen LogP contribution in [0.25, 0.3) is 0 Å². The summed E-state index contributed by atoms with van der Waals surface area (Å²) >= 11 is 6.91. The van der Waals surface area contributed by atoms with E-state index >= 15 is 0 Å². The van der Waals surface area contributed by atoms with E-state index in [1.165, 1.54) is 0 Å². The van der Waals surface area contributed by atoms with E-state index < -0.39 is 0 Å². The van der Waals surface area contributed by atoms with E-state index in [1.807, 2.05) is 48.5 Å². The summed E-state index contributed by atoms with van der Waals surface area (Å²) in [6.07, 6.45) is 0. The molecule has 0 heterocycles. The van der Waals surface area contributed by atoms with Gasteiger partial charge in [0.25, 0.3) is 0 Å². The molecule has 0 saturated carbocycles. The highest BCUT2D eigenvalue weighted by Gasteiger charge is 2.00. The topological polar surface area (TPSA) is 9.23 Å². The summed E-state index contributed by atoms with van der Waals surface area (Å²) in [6.45, 7) is 0.567. The van der Waals surface area contributed by atoms with E-state index in [-0.39, 0.29) is 0 Å². The van der Waals surface area contributed by atoms with E-state index in [2.05, 4.69) is 31.9 Å². The molecule has 0 aromatic heterocycles. The number of rotatable bonds is 3. The Morgan fingerprint density at radius 1 is 0.938 bits per heavy atom. The van der Waals surface area contributed by atoms with Gasteiger partial charge in [-0.1, -0.05) is 56.1 Å². The fraction of sp³-hybridized carbons (Fsp3) is 0.0769. The summed E-state index contributed by atoms with van der Waals surface area (Å²) < 4.78 is 7.79. The molecule has 82 valence electrons. The largest absolute Gasteiger partial charge is 0.489 e. The SMILES string of the molecule is Brc1cccc(OCc2ccccc2Br)c1. The second kappa shape index (κ2) is 5.51. The predicted molar refractivity (Wildman–Crippen MR) is 72.6 cm³/mol. The first-order valence-electron chi connectivity index (χ1n) is 4.87. The van der Waals surface area contributed by atoms with Gasteiger partial charge in [-0.25, -0.2) is 0 Å². The molecule has 2 aromatic rings. The minimum atomic E-state index is 0.567. The van der Waals surface area contributed by atoms with E-state index in [1.54, 1.807) is 0 Å². The molecular formula is C13H10Br2O. The van der Waals surface area contributed by atoms with Gasteiger partial charge in [-0.05, 0) is 24.3 Å². The van der Waals surface area contributed by atoms with Crippen molar-refractivity contribution in [2.45, 2.75) is 6.61 Å². The van der Waals surface area contributed by atoms with E-state index in [4.69, 9.17) is 4.74 Å². The molecule has 0 unspecified atom stereocenters. The average Bonchev–Trinajstić information content (AvgIpc) is 2.28. The van der Waals surface area contributed by atoms with Gasteiger partial charge in [-0.2, -0.15) is 0 Å². The van der Waals surface area contributed by atoms with Gasteiger partial charge < -0.3 is 4.74 Å². The summed E-state index contributed by atoms with van der Waals surface area (Å²) in [7, 11) is 0. The van der Waals surface area contributed by atoms with Crippen LogP contribution in [0.1, 0.15) is 5.56 Å². The Balaban J connectivity index is 2.05. The number of halogens is 2. The van der Waals surface area contributed by atoms with Crippen LogP contribution in [0, 0.1) is 0 Å². The third-order valence-corrected chi connectivity index (χ3v) is 3.42. The zero-order valence-electron chi connectivity index (χ0n) is 8.49. The Morgan fingerprint density at radius 3 is 2.50 bits per heavy atom. The Morgan fingerprint density at radius 2 is 1.75 bits per heavy atom. The quantitative estimate of drug-likeness (QED) is 0.779. The summed E-state index contributed by atoms with van der Waals surface area (Å²) in [5.74, 6) is 0.866. The van der Waals surface area contributed by atoms with Crippen LogP contribution in [0.5, 0.6) is 5.75 Å². The van der Waals surface area contributed by atoms with Gasteiger partial charge >= 0.3 is 0 Å². The van der Waals surface area contributed by atoms with Gasteiger partial charge in [-0.3, -0.25) is 0 Å². The van der Waals surface area contributed by atoms with Gasteiger partial charge in [0.15, 0.2) is 0 Å². The molecule has 0 saturated heterocycles. The highest BCUT2D eigenvalue weighted by atomic mass is 79.9. The van der Waals surface area contributed by atoms with E-state index in [0.717, 1.165) is 20.3 Å². The van der Waals surface area contributed by atoms with Crippen LogP contribution in [-0.4, -0.2) is 0 Å². The Hall–Kier alpha value is -0.800. The molecule has 0 bridgehead atoms. The van der Waals surface area contributed by atoms with Crippen molar-refractivity contribution in [1.29, 1.82) is 0 Å². The molecule has 0 radical (unpaired) electrons. The van der Waals surface area contributed by atoms with Gasteiger partial charge in [0.1, 0.15) is 12.4 Å². The molecular weight excluding hydrogens is 332 g/mol. The van der Waals surface area contributed by atoms with Crippen LogP contribution in [0.3, 0.4) is 0 Å². The Bertz CT molecular complexity index is 483. The summed E-state index contributed by atoms with van der Waals surface area (Å²) in [6, 6.07) is 15.9. The molecule has 1 nitrogen and oxygen atoms in total. The lowest BCUT2D eigenvalue weighted by molar-refractivity contribution is 0.305. The van der Waals surface area contributed by atoms with Crippen molar-refractivity contribution in [3.63, 3.8) is 0 Å². The van der Waals surface area contributed by atoms with Crippen LogP contribution >= 0.6 is 31.9 Å². The molecule has 2 rings (SSSR count). The van der Waals surface area contributed by atoms with Crippen molar-refractivity contribution >= 4 is 31.9 Å². The Labute approximate surface area is 112 Å². The van der Waals surface area contributed by atoms with Gasteiger partial charge in [0.2, 0.25) is 0 Å². The smallest absolute Gasteiger partial charge is 0.120 e. The van der Waals surface area contributed by atoms with Crippen molar-refractivity contribution in [1.82, 2.24) is 0 Å². The molecule has 0 aliphatic rings. The van der Waals surface area contributed by atoms with Gasteiger partial charge in [0, 0.05) is 14.5 Å². The molecule has 3 heteroatoms. The van der Waals surface area contributed by atoms with Crippen molar-refractivity contribution in [3.05, 3.63) is 63.0 Å². The molecule has 2 aromatic carbocycles. The monoisotopic (exact) mass is 340 g/mol. The molecule has 0 N–H and O–H groups in total. The van der Waals surface area contributed by atoms with Crippen LogP contribution in [0.4, 0.5) is 0 Å². The number of hydrogen-bond donors (Lipinski definition) is 0. The maximum Gasteiger partial charge on any atom is 0.120 e. The summed E-state index contributed by atoms with van der Waals surface area (Å²) in [5.41, 5.74) is 1.14. The molecule has 0 atom stereocenters. The fourth-order valence-electron chi connectivity index (χ4n) is 1.33. The van der Waals surface area contributed by atoms with Crippen molar-refractivity contribution in [2.75, 3.05) is 0 Å². The molecule has 16 heavy (non-hydrogen) atoms. The van der Waals surface area contributed by atoms with Crippen molar-refractivity contribution in [3.8, 4) is 5.75 Å². The van der Waals surface area contributed by atoms with E-state index in [9.17, 15) is 0 Å². The third-order valence-electron chi connectivity index (χ3n) is 2.15. The van der Waals surface area contributed by atoms with Crippen LogP contribution in [0.15, 0.2) is 57.5 Å². The maximum absolute atomic E-state index is 5.69. The number of ether oxygens (including phenoxy) is 1. The van der Waals surface area contributed by atoms with Gasteiger partial charge in [-0.15, -0.1) is 0 Å². The van der Waals surface area contributed by atoms with Gasteiger partial charge in [0.05, 0.1) is 0 Å². The summed E-state index contributed by atoms with van der Waals surface area (Å²) in [5, 5.41) is 0. The highest BCUT2D eigenvalue weighted by molar-refractivity contribution is 9.10. The molecule has 0 fully saturated rings. The summed E-state index contributed by atoms with van der Waals surface area (Å²) in [4.78, 5) is 0. The molecule has 0 spiro atoms. The van der Waals surface area contributed by atoms with Crippen molar-refractivity contribution < 1.29 is 4.74 Å². The number of hydrogen-bond acceptors (Lipinski definition) is 1. The first-order valence-corrected chi connectivity index (χ1v) is 6.46. The molecule has 0 amide bonds. The third kappa shape index (κ3) is 3.09. The lowest BCUT2D eigenvalue weighted by atomic mass is 10.2. The first kappa shape index (κ1) is 11.7. The maximum atomic E-state index is 5.69. The standard InChI is InChI=1S/C13H10Br2O/c14-11-5-3-6-12(8-11)16-9-10-4-1-2-7-13(10)15/h1-8H,9H2. The van der Waals surface area contributed by atoms with Crippen molar-refractivity contribution in [2.24, 2.45) is 0 Å². The highest BCUT2D eigenvalue weighted by Crippen LogP contribution is 2.21. The lowest BCUT2D eigenvalue weighted by Gasteiger charge is -2.07. The van der Waals surface area contributed by atoms with E-state index in [0.29, 0.717) is 6.61 Å². The Kier molecular flexibility index (Phi) is 4.02. The molecule has 0 aliphatic heterocycles. The lowest BCUT2D eigenvalue weighted by Crippen LogP contribution is -1.95. The van der Waals surface area contributed by atoms with Crippen LogP contribution in [0.2, 0.25) is 0 Å². The first-order chi connectivity index (χ1) is 7.75. The second-order valence-corrected chi connectivity index (χ2v) is 5.11. The minimum absolute atomic E-state index is 0.567. The van der Waals surface area contributed by atoms with Crippen LogP contribution in [-0.2, 0) is 6.61 Å². The van der Waals surface area contributed by atoms with Crippen LogP contribution < -0.4 is 4.74 Å². The number of benzene rings is 2. The molecule has 0 aliphatic carbocycles. The zero-order chi connectivity index (χ0) is 11.4.